The highest BCUT2D eigenvalue weighted by molar-refractivity contribution is 5.92. The van der Waals surface area contributed by atoms with E-state index in [1.165, 1.54) is 44.9 Å². The van der Waals surface area contributed by atoms with Gasteiger partial charge in [-0.15, -0.1) is 0 Å². The molecule has 0 aliphatic carbocycles. The summed E-state index contributed by atoms with van der Waals surface area (Å²) in [6.45, 7) is 2.51. The molecule has 0 atom stereocenters. The average molecular weight is 396 g/mol. The van der Waals surface area contributed by atoms with Crippen molar-refractivity contribution in [1.29, 1.82) is 0 Å². The highest BCUT2D eigenvalue weighted by Gasteiger charge is 2.06. The summed E-state index contributed by atoms with van der Waals surface area (Å²) in [7, 11) is 0. The Morgan fingerprint density at radius 2 is 1.29 bits per heavy atom. The predicted octanol–water partition coefficient (Wildman–Crippen LogP) is 5.89. The summed E-state index contributed by atoms with van der Waals surface area (Å²) in [5.41, 5.74) is 0. The fraction of sp³-hybridized carbons (Fsp3) is 0.545. The van der Waals surface area contributed by atoms with Gasteiger partial charge in [-0.2, -0.15) is 0 Å². The highest BCUT2D eigenvalue weighted by Crippen LogP contribution is 2.15. The van der Waals surface area contributed by atoms with Crippen LogP contribution in [-0.2, 0) is 14.3 Å². The van der Waals surface area contributed by atoms with Gasteiger partial charge in [0.1, 0.15) is 17.4 Å². The van der Waals surface area contributed by atoms with Crippen LogP contribution in [0.1, 0.15) is 71.1 Å². The first-order valence-corrected chi connectivity index (χ1v) is 10.0. The second-order valence-electron chi connectivity index (χ2n) is 6.71. The lowest BCUT2D eigenvalue weighted by Crippen LogP contribution is -2.07. The van der Waals surface area contributed by atoms with E-state index in [0.717, 1.165) is 43.5 Å². The van der Waals surface area contributed by atoms with Crippen molar-refractivity contribution in [3.05, 3.63) is 42.0 Å². The molecular weight excluding hydrogens is 366 g/mol. The topological polar surface area (TPSA) is 52.6 Å². The summed E-state index contributed by atoms with van der Waals surface area (Å²) in [5, 5.41) is 0. The molecule has 0 heterocycles. The van der Waals surface area contributed by atoms with E-state index in [-0.39, 0.29) is 5.75 Å². The normalized spacial score (nSPS) is 11.0. The van der Waals surface area contributed by atoms with Gasteiger partial charge >= 0.3 is 11.9 Å². The maximum absolute atomic E-state index is 13.0. The second kappa shape index (κ2) is 14.8. The number of carbonyl (C=O) groups is 2. The largest absolute Gasteiger partial charge is 0.463 e. The second-order valence-corrected chi connectivity index (χ2v) is 6.71. The van der Waals surface area contributed by atoms with Crippen LogP contribution in [0.5, 0.6) is 5.75 Å². The lowest BCUT2D eigenvalue weighted by Gasteiger charge is -2.03. The van der Waals surface area contributed by atoms with E-state index >= 15 is 0 Å². The molecule has 0 aliphatic heterocycles. The Labute approximate surface area is 165 Å². The van der Waals surface area contributed by atoms with Crippen LogP contribution < -0.4 is 4.74 Å². The number of unbranched alkanes of at least 4 members (excludes halogenated alkanes) is 9. The van der Waals surface area contributed by atoms with Crippen molar-refractivity contribution in [1.82, 2.24) is 0 Å². The Morgan fingerprint density at radius 3 is 1.86 bits per heavy atom. The van der Waals surface area contributed by atoms with Crippen molar-refractivity contribution in [2.75, 3.05) is 6.61 Å². The molecule has 0 spiro atoms. The van der Waals surface area contributed by atoms with E-state index in [4.69, 9.17) is 9.47 Å². The fourth-order valence-corrected chi connectivity index (χ4v) is 2.68. The van der Waals surface area contributed by atoms with E-state index < -0.39 is 23.6 Å². The summed E-state index contributed by atoms with van der Waals surface area (Å²) >= 11 is 0. The Hall–Kier alpha value is -2.24. The molecule has 4 nitrogen and oxygen atoms in total. The van der Waals surface area contributed by atoms with Crippen LogP contribution >= 0.6 is 0 Å². The first kappa shape index (κ1) is 23.8. The van der Waals surface area contributed by atoms with Gasteiger partial charge in [0.25, 0.3) is 0 Å². The van der Waals surface area contributed by atoms with Crippen LogP contribution in [0, 0.1) is 11.6 Å². The summed E-state index contributed by atoms with van der Waals surface area (Å²) in [6.07, 6.45) is 13.7. The molecule has 0 amide bonds. The van der Waals surface area contributed by atoms with Crippen LogP contribution in [0.15, 0.2) is 30.4 Å². The quantitative estimate of drug-likeness (QED) is 0.170. The van der Waals surface area contributed by atoms with Crippen molar-refractivity contribution < 1.29 is 27.8 Å². The molecule has 0 N–H and O–H groups in total. The van der Waals surface area contributed by atoms with Crippen LogP contribution in [0.25, 0.3) is 0 Å². The van der Waals surface area contributed by atoms with Crippen LogP contribution in [0.3, 0.4) is 0 Å². The molecule has 0 aliphatic rings. The van der Waals surface area contributed by atoms with Crippen molar-refractivity contribution in [3.63, 3.8) is 0 Å². The van der Waals surface area contributed by atoms with E-state index in [9.17, 15) is 18.4 Å². The number of ether oxygens (including phenoxy) is 2. The van der Waals surface area contributed by atoms with E-state index in [1.807, 2.05) is 0 Å². The Morgan fingerprint density at radius 1 is 0.786 bits per heavy atom. The lowest BCUT2D eigenvalue weighted by atomic mass is 10.1. The molecule has 0 radical (unpaired) electrons. The van der Waals surface area contributed by atoms with Gasteiger partial charge in [-0.1, -0.05) is 64.7 Å². The SMILES string of the molecule is CCCCCCCCCCCCOC(=O)/C=C/C(=O)Oc1cc(F)cc(F)c1. The number of esters is 2. The standard InChI is InChI=1S/C22H30F2O4/c1-2-3-4-5-6-7-8-9-10-11-14-27-21(25)12-13-22(26)28-20-16-18(23)15-19(24)17-20/h12-13,15-17H,2-11,14H2,1H3/b13-12+. The number of carbonyl (C=O) groups excluding carboxylic acids is 2. The molecule has 0 unspecified atom stereocenters. The molecule has 0 bridgehead atoms. The molecule has 156 valence electrons. The predicted molar refractivity (Wildman–Crippen MR) is 104 cm³/mol. The molecule has 1 rings (SSSR count). The third-order valence-corrected chi connectivity index (χ3v) is 4.15. The van der Waals surface area contributed by atoms with Gasteiger partial charge in [-0.25, -0.2) is 18.4 Å². The minimum Gasteiger partial charge on any atom is -0.463 e. The molecule has 6 heteroatoms. The zero-order valence-corrected chi connectivity index (χ0v) is 16.6. The summed E-state index contributed by atoms with van der Waals surface area (Å²) in [5.74, 6) is -3.56. The smallest absolute Gasteiger partial charge is 0.336 e. The molecule has 1 aromatic rings. The number of rotatable bonds is 14. The number of halogens is 2. The summed E-state index contributed by atoms with van der Waals surface area (Å²) in [4.78, 5) is 23.1. The minimum atomic E-state index is -0.916. The maximum atomic E-state index is 13.0. The van der Waals surface area contributed by atoms with E-state index in [2.05, 4.69) is 6.92 Å². The molecular formula is C22H30F2O4. The van der Waals surface area contributed by atoms with Crippen molar-refractivity contribution in [2.24, 2.45) is 0 Å². The first-order chi connectivity index (χ1) is 13.5. The van der Waals surface area contributed by atoms with Gasteiger partial charge in [0, 0.05) is 30.4 Å². The van der Waals surface area contributed by atoms with Gasteiger partial charge in [0.05, 0.1) is 6.61 Å². The lowest BCUT2D eigenvalue weighted by molar-refractivity contribution is -0.138. The molecule has 0 fully saturated rings. The fourth-order valence-electron chi connectivity index (χ4n) is 2.68. The monoisotopic (exact) mass is 396 g/mol. The third-order valence-electron chi connectivity index (χ3n) is 4.15. The van der Waals surface area contributed by atoms with E-state index in [1.54, 1.807) is 0 Å². The van der Waals surface area contributed by atoms with Crippen LogP contribution in [-0.4, -0.2) is 18.5 Å². The zero-order chi connectivity index (χ0) is 20.6. The highest BCUT2D eigenvalue weighted by atomic mass is 19.1. The van der Waals surface area contributed by atoms with Crippen molar-refractivity contribution in [2.45, 2.75) is 71.1 Å². The minimum absolute atomic E-state index is 0.272. The zero-order valence-electron chi connectivity index (χ0n) is 16.6. The molecule has 1 aromatic carbocycles. The molecule has 0 aromatic heterocycles. The van der Waals surface area contributed by atoms with Crippen molar-refractivity contribution >= 4 is 11.9 Å². The number of hydrogen-bond donors (Lipinski definition) is 0. The molecule has 28 heavy (non-hydrogen) atoms. The summed E-state index contributed by atoms with van der Waals surface area (Å²) < 4.78 is 35.7. The van der Waals surface area contributed by atoms with Gasteiger partial charge in [-0.05, 0) is 6.42 Å². The molecule has 0 saturated heterocycles. The van der Waals surface area contributed by atoms with Crippen LogP contribution in [0.4, 0.5) is 8.78 Å². The Balaban J connectivity index is 2.07. The van der Waals surface area contributed by atoms with Gasteiger partial charge in [-0.3, -0.25) is 0 Å². The number of hydrogen-bond acceptors (Lipinski definition) is 4. The Bertz CT molecular complexity index is 609. The third kappa shape index (κ3) is 12.2. The van der Waals surface area contributed by atoms with Gasteiger partial charge in [0.2, 0.25) is 0 Å². The average Bonchev–Trinajstić information content (AvgIpc) is 2.63. The van der Waals surface area contributed by atoms with Gasteiger partial charge in [0.15, 0.2) is 0 Å². The summed E-state index contributed by atoms with van der Waals surface area (Å²) in [6, 6.07) is 2.41. The first-order valence-electron chi connectivity index (χ1n) is 10.0. The van der Waals surface area contributed by atoms with Crippen molar-refractivity contribution in [3.8, 4) is 5.75 Å². The maximum Gasteiger partial charge on any atom is 0.336 e. The van der Waals surface area contributed by atoms with E-state index in [0.29, 0.717) is 12.7 Å². The number of benzene rings is 1. The van der Waals surface area contributed by atoms with Crippen LogP contribution in [0.2, 0.25) is 0 Å². The molecule has 0 saturated carbocycles. The van der Waals surface area contributed by atoms with Gasteiger partial charge < -0.3 is 9.47 Å². The Kier molecular flexibility index (Phi) is 12.6.